The fourth-order valence-electron chi connectivity index (χ4n) is 3.35. The summed E-state index contributed by atoms with van der Waals surface area (Å²) in [6, 6.07) is 30.1. The maximum absolute atomic E-state index is 9.84. The number of aryl methyl sites for hydroxylation is 1. The Morgan fingerprint density at radius 1 is 0.933 bits per heavy atom. The van der Waals surface area contributed by atoms with Gasteiger partial charge in [-0.1, -0.05) is 83.9 Å². The van der Waals surface area contributed by atoms with E-state index in [9.17, 15) is 5.26 Å². The minimum atomic E-state index is 0.419. The summed E-state index contributed by atoms with van der Waals surface area (Å²) in [7, 11) is 0. The molecule has 0 saturated heterocycles. The molecule has 0 radical (unpaired) electrons. The highest BCUT2D eigenvalue weighted by Crippen LogP contribution is 2.32. The van der Waals surface area contributed by atoms with E-state index < -0.39 is 0 Å². The second kappa shape index (κ2) is 8.86. The molecule has 4 aromatic rings. The van der Waals surface area contributed by atoms with Crippen LogP contribution in [0.1, 0.15) is 22.3 Å². The van der Waals surface area contributed by atoms with Crippen LogP contribution >= 0.6 is 11.6 Å². The lowest BCUT2D eigenvalue weighted by Crippen LogP contribution is -1.98. The topological polar surface area (TPSA) is 33.0 Å². The Kier molecular flexibility index (Phi) is 5.84. The van der Waals surface area contributed by atoms with E-state index >= 15 is 0 Å². The molecule has 0 saturated carbocycles. The predicted molar refractivity (Wildman–Crippen MR) is 124 cm³/mol. The van der Waals surface area contributed by atoms with Crippen LogP contribution in [0.3, 0.4) is 0 Å². The molecule has 3 heteroatoms. The van der Waals surface area contributed by atoms with Crippen LogP contribution in [0.4, 0.5) is 0 Å². The first-order chi connectivity index (χ1) is 14.6. The van der Waals surface area contributed by atoms with Crippen LogP contribution in [0.2, 0.25) is 5.02 Å². The molecule has 0 aromatic heterocycles. The molecule has 0 aliphatic rings. The SMILES string of the molecule is Cc1ccc(/C(C#N)=C\c2c(OCc3ccc(Cl)cc3)ccc3ccccc23)cc1. The van der Waals surface area contributed by atoms with Gasteiger partial charge >= 0.3 is 0 Å². The van der Waals surface area contributed by atoms with Crippen LogP contribution in [0.25, 0.3) is 22.4 Å². The summed E-state index contributed by atoms with van der Waals surface area (Å²) in [4.78, 5) is 0. The van der Waals surface area contributed by atoms with Gasteiger partial charge in [0.15, 0.2) is 0 Å². The Morgan fingerprint density at radius 2 is 1.67 bits per heavy atom. The van der Waals surface area contributed by atoms with Crippen LogP contribution < -0.4 is 4.74 Å². The Hall–Kier alpha value is -3.54. The van der Waals surface area contributed by atoms with Crippen LogP contribution in [0.15, 0.2) is 84.9 Å². The first-order valence-electron chi connectivity index (χ1n) is 9.72. The van der Waals surface area contributed by atoms with Crippen LogP contribution in [-0.4, -0.2) is 0 Å². The maximum atomic E-state index is 9.84. The van der Waals surface area contributed by atoms with E-state index in [-0.39, 0.29) is 0 Å². The van der Waals surface area contributed by atoms with Crippen LogP contribution in [0.5, 0.6) is 5.75 Å². The Bertz CT molecular complexity index is 1250. The highest BCUT2D eigenvalue weighted by molar-refractivity contribution is 6.30. The monoisotopic (exact) mass is 409 g/mol. The van der Waals surface area contributed by atoms with Crippen molar-refractivity contribution < 1.29 is 4.74 Å². The lowest BCUT2D eigenvalue weighted by molar-refractivity contribution is 0.306. The quantitative estimate of drug-likeness (QED) is 0.253. The fraction of sp³-hybridized carbons (Fsp3) is 0.0741. The molecule has 30 heavy (non-hydrogen) atoms. The summed E-state index contributed by atoms with van der Waals surface area (Å²) in [6.07, 6.45) is 1.92. The second-order valence-corrected chi connectivity index (χ2v) is 7.59. The molecule has 0 unspecified atom stereocenters. The number of halogens is 1. The lowest BCUT2D eigenvalue weighted by atomic mass is 9.98. The second-order valence-electron chi connectivity index (χ2n) is 7.15. The molecule has 146 valence electrons. The van der Waals surface area contributed by atoms with Gasteiger partial charge in [-0.05, 0) is 53.1 Å². The largest absolute Gasteiger partial charge is 0.488 e. The molecule has 0 N–H and O–H groups in total. The van der Waals surface area contributed by atoms with Gasteiger partial charge in [0.2, 0.25) is 0 Å². The molecule has 0 atom stereocenters. The van der Waals surface area contributed by atoms with Gasteiger partial charge in [-0.2, -0.15) is 5.26 Å². The van der Waals surface area contributed by atoms with E-state index in [0.717, 1.165) is 38.8 Å². The number of hydrogen-bond acceptors (Lipinski definition) is 2. The average Bonchev–Trinajstić information content (AvgIpc) is 2.78. The number of allylic oxidation sites excluding steroid dienone is 1. The van der Waals surface area contributed by atoms with Gasteiger partial charge in [0.25, 0.3) is 0 Å². The number of ether oxygens (including phenoxy) is 1. The molecule has 0 spiro atoms. The van der Waals surface area contributed by atoms with Gasteiger partial charge in [0, 0.05) is 10.6 Å². The van der Waals surface area contributed by atoms with E-state index in [1.54, 1.807) is 0 Å². The summed E-state index contributed by atoms with van der Waals surface area (Å²) in [6.45, 7) is 2.45. The first-order valence-corrected chi connectivity index (χ1v) is 10.1. The van der Waals surface area contributed by atoms with Crippen molar-refractivity contribution in [3.05, 3.63) is 112 Å². The molecule has 0 aliphatic carbocycles. The summed E-state index contributed by atoms with van der Waals surface area (Å²) in [5, 5.41) is 12.7. The summed E-state index contributed by atoms with van der Waals surface area (Å²) >= 11 is 5.98. The minimum Gasteiger partial charge on any atom is -0.488 e. The number of rotatable bonds is 5. The van der Waals surface area contributed by atoms with Gasteiger partial charge in [0.05, 0.1) is 11.6 Å². The molecule has 0 heterocycles. The number of nitrogens with zero attached hydrogens (tertiary/aromatic N) is 1. The van der Waals surface area contributed by atoms with Gasteiger partial charge in [0.1, 0.15) is 12.4 Å². The molecule has 0 aliphatic heterocycles. The van der Waals surface area contributed by atoms with Crippen molar-refractivity contribution in [2.45, 2.75) is 13.5 Å². The third kappa shape index (κ3) is 4.38. The number of nitriles is 1. The van der Waals surface area contributed by atoms with Gasteiger partial charge in [-0.25, -0.2) is 0 Å². The molecule has 0 bridgehead atoms. The van der Waals surface area contributed by atoms with Crippen molar-refractivity contribution in [1.82, 2.24) is 0 Å². The molecule has 2 nitrogen and oxygen atoms in total. The molecule has 0 amide bonds. The average molecular weight is 410 g/mol. The maximum Gasteiger partial charge on any atom is 0.127 e. The Morgan fingerprint density at radius 3 is 2.40 bits per heavy atom. The highest BCUT2D eigenvalue weighted by Gasteiger charge is 2.10. The van der Waals surface area contributed by atoms with Crippen molar-refractivity contribution >= 4 is 34.0 Å². The first kappa shape index (κ1) is 19.8. The molecule has 0 fully saturated rings. The molecule has 4 aromatic carbocycles. The van der Waals surface area contributed by atoms with Crippen LogP contribution in [-0.2, 0) is 6.61 Å². The van der Waals surface area contributed by atoms with Crippen molar-refractivity contribution in [3.63, 3.8) is 0 Å². The summed E-state index contributed by atoms with van der Waals surface area (Å²) in [5.74, 6) is 0.739. The Labute approximate surface area is 181 Å². The summed E-state index contributed by atoms with van der Waals surface area (Å²) < 4.78 is 6.17. The van der Waals surface area contributed by atoms with E-state index in [1.165, 1.54) is 0 Å². The minimum absolute atomic E-state index is 0.419. The zero-order valence-corrected chi connectivity index (χ0v) is 17.4. The number of fused-ring (bicyclic) bond motifs is 1. The van der Waals surface area contributed by atoms with Gasteiger partial charge in [-0.15, -0.1) is 0 Å². The zero-order chi connectivity index (χ0) is 20.9. The zero-order valence-electron chi connectivity index (χ0n) is 16.6. The molecular weight excluding hydrogens is 390 g/mol. The smallest absolute Gasteiger partial charge is 0.127 e. The molecule has 4 rings (SSSR count). The van der Waals surface area contributed by atoms with E-state index in [1.807, 2.05) is 85.8 Å². The van der Waals surface area contributed by atoms with Crippen molar-refractivity contribution in [1.29, 1.82) is 5.26 Å². The van der Waals surface area contributed by atoms with Crippen molar-refractivity contribution in [2.24, 2.45) is 0 Å². The Balaban J connectivity index is 1.77. The van der Waals surface area contributed by atoms with Crippen molar-refractivity contribution in [2.75, 3.05) is 0 Å². The van der Waals surface area contributed by atoms with Gasteiger partial charge < -0.3 is 4.74 Å². The fourth-order valence-corrected chi connectivity index (χ4v) is 3.48. The predicted octanol–water partition coefficient (Wildman–Crippen LogP) is 7.44. The standard InChI is InChI=1S/C27H20ClNO/c1-19-6-10-21(11-7-19)23(17-29)16-26-25-5-3-2-4-22(25)12-15-27(26)30-18-20-8-13-24(28)14-9-20/h2-16H,18H2,1H3/b23-16-. The normalized spacial score (nSPS) is 11.3. The van der Waals surface area contributed by atoms with E-state index in [4.69, 9.17) is 16.3 Å². The number of benzene rings is 4. The van der Waals surface area contributed by atoms with Gasteiger partial charge in [-0.3, -0.25) is 0 Å². The molecular formula is C27H20ClNO. The summed E-state index contributed by atoms with van der Waals surface area (Å²) in [5.41, 5.74) is 4.58. The lowest BCUT2D eigenvalue weighted by Gasteiger charge is -2.13. The van der Waals surface area contributed by atoms with Crippen LogP contribution in [0, 0.1) is 18.3 Å². The highest BCUT2D eigenvalue weighted by atomic mass is 35.5. The van der Waals surface area contributed by atoms with Crippen molar-refractivity contribution in [3.8, 4) is 11.8 Å². The number of hydrogen-bond donors (Lipinski definition) is 0. The third-order valence-electron chi connectivity index (χ3n) is 5.01. The third-order valence-corrected chi connectivity index (χ3v) is 5.26. The van der Waals surface area contributed by atoms with E-state index in [0.29, 0.717) is 17.2 Å². The van der Waals surface area contributed by atoms with E-state index in [2.05, 4.69) is 18.2 Å².